The van der Waals surface area contributed by atoms with Crippen molar-refractivity contribution in [2.75, 3.05) is 13.2 Å². The van der Waals surface area contributed by atoms with Crippen molar-refractivity contribution in [3.8, 4) is 0 Å². The number of carboxylic acids is 1. The van der Waals surface area contributed by atoms with Crippen LogP contribution in [0.15, 0.2) is 24.3 Å². The van der Waals surface area contributed by atoms with Crippen LogP contribution in [0.3, 0.4) is 0 Å². The number of ether oxygens (including phenoxy) is 2. The number of carboxylic acid groups (broad SMARTS) is 1. The topological polar surface area (TPSA) is 55.8 Å². The summed E-state index contributed by atoms with van der Waals surface area (Å²) >= 11 is 0. The van der Waals surface area contributed by atoms with E-state index in [9.17, 15) is 4.79 Å². The Kier molecular flexibility index (Phi) is 5.94. The zero-order valence-electron chi connectivity index (χ0n) is 10.2. The molecule has 1 N–H and O–H groups in total. The fraction of sp³-hybridized carbons (Fsp3) is 0.615. The van der Waals surface area contributed by atoms with Crippen molar-refractivity contribution < 1.29 is 19.4 Å². The first-order valence-electron chi connectivity index (χ1n) is 5.91. The fourth-order valence-corrected chi connectivity index (χ4v) is 1.63. The SMILES string of the molecule is C=C(C(=O)O)C(C)OCCOC1CC=CCC1. The second-order valence-corrected chi connectivity index (χ2v) is 4.12. The van der Waals surface area contributed by atoms with Gasteiger partial charge in [0.25, 0.3) is 0 Å². The lowest BCUT2D eigenvalue weighted by Crippen LogP contribution is -2.22. The summed E-state index contributed by atoms with van der Waals surface area (Å²) < 4.78 is 11.0. The lowest BCUT2D eigenvalue weighted by atomic mass is 10.1. The van der Waals surface area contributed by atoms with E-state index in [2.05, 4.69) is 18.7 Å². The zero-order valence-corrected chi connectivity index (χ0v) is 10.2. The summed E-state index contributed by atoms with van der Waals surface area (Å²) in [5, 5.41) is 8.69. The third kappa shape index (κ3) is 5.15. The molecule has 0 fully saturated rings. The molecule has 0 saturated carbocycles. The second-order valence-electron chi connectivity index (χ2n) is 4.12. The third-order valence-corrected chi connectivity index (χ3v) is 2.79. The summed E-state index contributed by atoms with van der Waals surface area (Å²) in [5.41, 5.74) is 0.0746. The maximum atomic E-state index is 10.6. The molecule has 0 heterocycles. The van der Waals surface area contributed by atoms with Crippen LogP contribution in [-0.4, -0.2) is 36.5 Å². The maximum absolute atomic E-state index is 10.6. The van der Waals surface area contributed by atoms with E-state index in [-0.39, 0.29) is 11.7 Å². The minimum atomic E-state index is -1.02. The largest absolute Gasteiger partial charge is 0.478 e. The monoisotopic (exact) mass is 240 g/mol. The Labute approximate surface area is 102 Å². The lowest BCUT2D eigenvalue weighted by molar-refractivity contribution is -0.134. The molecule has 2 atom stereocenters. The highest BCUT2D eigenvalue weighted by molar-refractivity contribution is 5.86. The Morgan fingerprint density at radius 1 is 1.53 bits per heavy atom. The van der Waals surface area contributed by atoms with E-state index in [0.29, 0.717) is 13.2 Å². The van der Waals surface area contributed by atoms with Gasteiger partial charge in [0, 0.05) is 0 Å². The zero-order chi connectivity index (χ0) is 12.7. The first-order valence-corrected chi connectivity index (χ1v) is 5.91. The van der Waals surface area contributed by atoms with Crippen molar-refractivity contribution in [1.82, 2.24) is 0 Å². The second kappa shape index (κ2) is 7.25. The minimum absolute atomic E-state index is 0.0746. The molecule has 4 heteroatoms. The average molecular weight is 240 g/mol. The van der Waals surface area contributed by atoms with Crippen LogP contribution in [-0.2, 0) is 14.3 Å². The molecule has 0 spiro atoms. The van der Waals surface area contributed by atoms with Crippen molar-refractivity contribution in [2.45, 2.75) is 38.4 Å². The minimum Gasteiger partial charge on any atom is -0.478 e. The molecule has 0 radical (unpaired) electrons. The molecule has 0 aromatic carbocycles. The van der Waals surface area contributed by atoms with Crippen molar-refractivity contribution in [3.05, 3.63) is 24.3 Å². The molecular weight excluding hydrogens is 220 g/mol. The molecule has 17 heavy (non-hydrogen) atoms. The van der Waals surface area contributed by atoms with Gasteiger partial charge in [-0.1, -0.05) is 18.7 Å². The normalized spacial score (nSPS) is 21.1. The predicted molar refractivity (Wildman–Crippen MR) is 64.9 cm³/mol. The quantitative estimate of drug-likeness (QED) is 0.421. The molecule has 4 nitrogen and oxygen atoms in total. The van der Waals surface area contributed by atoms with Crippen LogP contribution < -0.4 is 0 Å². The Balaban J connectivity index is 2.09. The molecule has 96 valence electrons. The molecule has 0 aromatic rings. The number of allylic oxidation sites excluding steroid dienone is 1. The molecule has 1 aliphatic carbocycles. The van der Waals surface area contributed by atoms with Gasteiger partial charge in [0.1, 0.15) is 0 Å². The van der Waals surface area contributed by atoms with Crippen LogP contribution in [0.2, 0.25) is 0 Å². The number of carbonyl (C=O) groups is 1. The number of aliphatic carboxylic acids is 1. The van der Waals surface area contributed by atoms with Crippen molar-refractivity contribution in [1.29, 1.82) is 0 Å². The van der Waals surface area contributed by atoms with Gasteiger partial charge in [-0.05, 0) is 26.2 Å². The Morgan fingerprint density at radius 2 is 2.29 bits per heavy atom. The van der Waals surface area contributed by atoms with Gasteiger partial charge in [-0.15, -0.1) is 0 Å². The summed E-state index contributed by atoms with van der Waals surface area (Å²) in [5.74, 6) is -1.02. The van der Waals surface area contributed by atoms with Gasteiger partial charge in [-0.2, -0.15) is 0 Å². The van der Waals surface area contributed by atoms with Crippen LogP contribution >= 0.6 is 0 Å². The summed E-state index contributed by atoms with van der Waals surface area (Å²) in [6.07, 6.45) is 7.17. The maximum Gasteiger partial charge on any atom is 0.333 e. The molecular formula is C13H20O4. The van der Waals surface area contributed by atoms with Crippen molar-refractivity contribution in [2.24, 2.45) is 0 Å². The molecule has 0 amide bonds. The van der Waals surface area contributed by atoms with E-state index in [1.165, 1.54) is 0 Å². The van der Waals surface area contributed by atoms with Gasteiger partial charge in [0.05, 0.1) is 31.0 Å². The summed E-state index contributed by atoms with van der Waals surface area (Å²) in [6, 6.07) is 0. The Hall–Kier alpha value is -1.13. The standard InChI is InChI=1S/C13H20O4/c1-10(13(14)15)11(2)16-8-9-17-12-6-4-3-5-7-12/h3-4,11-12H,1,5-9H2,2H3,(H,14,15). The first-order chi connectivity index (χ1) is 8.11. The number of hydrogen-bond donors (Lipinski definition) is 1. The lowest BCUT2D eigenvalue weighted by Gasteiger charge is -2.19. The average Bonchev–Trinajstić information content (AvgIpc) is 2.34. The van der Waals surface area contributed by atoms with Gasteiger partial charge in [-0.25, -0.2) is 4.79 Å². The molecule has 1 rings (SSSR count). The van der Waals surface area contributed by atoms with Crippen LogP contribution in [0.1, 0.15) is 26.2 Å². The van der Waals surface area contributed by atoms with E-state index in [1.54, 1.807) is 6.92 Å². The van der Waals surface area contributed by atoms with E-state index >= 15 is 0 Å². The highest BCUT2D eigenvalue weighted by Gasteiger charge is 2.14. The van der Waals surface area contributed by atoms with Crippen molar-refractivity contribution >= 4 is 5.97 Å². The van der Waals surface area contributed by atoms with Crippen LogP contribution in [0.25, 0.3) is 0 Å². The summed E-state index contributed by atoms with van der Waals surface area (Å²) in [6.45, 7) is 6.02. The van der Waals surface area contributed by atoms with Gasteiger partial charge in [0.15, 0.2) is 0 Å². The number of hydrogen-bond acceptors (Lipinski definition) is 3. The van der Waals surface area contributed by atoms with Crippen LogP contribution in [0, 0.1) is 0 Å². The third-order valence-electron chi connectivity index (χ3n) is 2.79. The molecule has 2 unspecified atom stereocenters. The molecule has 0 bridgehead atoms. The highest BCUT2D eigenvalue weighted by atomic mass is 16.5. The van der Waals surface area contributed by atoms with E-state index < -0.39 is 12.1 Å². The molecule has 1 aliphatic rings. The van der Waals surface area contributed by atoms with Crippen LogP contribution in [0.5, 0.6) is 0 Å². The van der Waals surface area contributed by atoms with Crippen LogP contribution in [0.4, 0.5) is 0 Å². The van der Waals surface area contributed by atoms with E-state index in [1.807, 2.05) is 0 Å². The predicted octanol–water partition coefficient (Wildman–Crippen LogP) is 2.16. The Morgan fingerprint density at radius 3 is 2.88 bits per heavy atom. The van der Waals surface area contributed by atoms with Gasteiger partial charge >= 0.3 is 5.97 Å². The molecule has 0 aliphatic heterocycles. The summed E-state index contributed by atoms with van der Waals surface area (Å²) in [7, 11) is 0. The molecule has 0 aromatic heterocycles. The fourth-order valence-electron chi connectivity index (χ4n) is 1.63. The van der Waals surface area contributed by atoms with Crippen molar-refractivity contribution in [3.63, 3.8) is 0 Å². The number of rotatable bonds is 7. The van der Waals surface area contributed by atoms with E-state index in [4.69, 9.17) is 14.6 Å². The highest BCUT2D eigenvalue weighted by Crippen LogP contribution is 2.14. The van der Waals surface area contributed by atoms with Gasteiger partial charge in [-0.3, -0.25) is 0 Å². The summed E-state index contributed by atoms with van der Waals surface area (Å²) in [4.78, 5) is 10.6. The molecule has 0 saturated heterocycles. The first kappa shape index (κ1) is 13.9. The van der Waals surface area contributed by atoms with Gasteiger partial charge < -0.3 is 14.6 Å². The smallest absolute Gasteiger partial charge is 0.333 e. The van der Waals surface area contributed by atoms with Gasteiger partial charge in [0.2, 0.25) is 0 Å². The Bertz CT molecular complexity index is 296. The van der Waals surface area contributed by atoms with E-state index in [0.717, 1.165) is 19.3 Å².